The molecule has 0 spiro atoms. The molecule has 15 heavy (non-hydrogen) atoms. The van der Waals surface area contributed by atoms with E-state index in [1.54, 1.807) is 6.20 Å². The van der Waals surface area contributed by atoms with E-state index in [2.05, 4.69) is 5.10 Å². The van der Waals surface area contributed by atoms with Crippen LogP contribution in [0.25, 0.3) is 0 Å². The first kappa shape index (κ1) is 10.2. The highest BCUT2D eigenvalue weighted by molar-refractivity contribution is 5.67. The fourth-order valence-corrected chi connectivity index (χ4v) is 1.83. The van der Waals surface area contributed by atoms with Gasteiger partial charge in [-0.2, -0.15) is 5.10 Å². The number of nitrogens with zero attached hydrogens (tertiary/aromatic N) is 2. The Balaban J connectivity index is 1.83. The molecule has 0 amide bonds. The number of carboxylic acid groups (broad SMARTS) is 1. The van der Waals surface area contributed by atoms with Crippen molar-refractivity contribution >= 4 is 5.97 Å². The molecule has 82 valence electrons. The van der Waals surface area contributed by atoms with Crippen molar-refractivity contribution in [3.63, 3.8) is 0 Å². The van der Waals surface area contributed by atoms with Crippen LogP contribution in [0.2, 0.25) is 0 Å². The number of aromatic nitrogens is 2. The van der Waals surface area contributed by atoms with Crippen molar-refractivity contribution in [2.24, 2.45) is 5.92 Å². The lowest BCUT2D eigenvalue weighted by molar-refractivity contribution is -0.136. The Morgan fingerprint density at radius 1 is 1.60 bits per heavy atom. The molecule has 1 aromatic rings. The summed E-state index contributed by atoms with van der Waals surface area (Å²) in [6.45, 7) is 0.993. The van der Waals surface area contributed by atoms with Gasteiger partial charge in [-0.05, 0) is 30.7 Å². The summed E-state index contributed by atoms with van der Waals surface area (Å²) in [4.78, 5) is 10.4. The van der Waals surface area contributed by atoms with Crippen molar-refractivity contribution in [1.29, 1.82) is 0 Å². The van der Waals surface area contributed by atoms with Crippen LogP contribution >= 0.6 is 0 Å². The number of carbonyl (C=O) groups is 1. The second-order valence-electron chi connectivity index (χ2n) is 4.26. The topological polar surface area (TPSA) is 55.1 Å². The molecule has 1 aromatic heterocycles. The summed E-state index contributed by atoms with van der Waals surface area (Å²) in [5.74, 6) is 0.0407. The summed E-state index contributed by atoms with van der Waals surface area (Å²) in [5.41, 5.74) is 1.02. The summed E-state index contributed by atoms with van der Waals surface area (Å²) in [6.07, 6.45) is 8.49. The zero-order chi connectivity index (χ0) is 10.7. The minimum Gasteiger partial charge on any atom is -0.481 e. The highest BCUT2D eigenvalue weighted by Gasteiger charge is 2.18. The SMILES string of the molecule is O=C(O)CCc1cnn(CC2CCC2)c1. The monoisotopic (exact) mass is 208 g/mol. The number of rotatable bonds is 5. The first-order valence-corrected chi connectivity index (χ1v) is 5.47. The van der Waals surface area contributed by atoms with E-state index in [1.807, 2.05) is 10.9 Å². The molecule has 1 heterocycles. The average molecular weight is 208 g/mol. The zero-order valence-corrected chi connectivity index (χ0v) is 8.72. The number of aryl methyl sites for hydroxylation is 1. The number of hydrogen-bond donors (Lipinski definition) is 1. The van der Waals surface area contributed by atoms with E-state index in [4.69, 9.17) is 5.11 Å². The summed E-state index contributed by atoms with van der Waals surface area (Å²) in [6, 6.07) is 0. The van der Waals surface area contributed by atoms with Gasteiger partial charge >= 0.3 is 5.97 Å². The molecule has 0 aromatic carbocycles. The average Bonchev–Trinajstić information content (AvgIpc) is 2.56. The van der Waals surface area contributed by atoms with Crippen LogP contribution in [0.1, 0.15) is 31.2 Å². The van der Waals surface area contributed by atoms with E-state index in [-0.39, 0.29) is 6.42 Å². The molecule has 1 aliphatic carbocycles. The molecule has 4 nitrogen and oxygen atoms in total. The van der Waals surface area contributed by atoms with Crippen LogP contribution < -0.4 is 0 Å². The van der Waals surface area contributed by atoms with Crippen molar-refractivity contribution in [2.45, 2.75) is 38.6 Å². The van der Waals surface area contributed by atoms with Crippen LogP contribution in [0, 0.1) is 5.92 Å². The van der Waals surface area contributed by atoms with Crippen LogP contribution in [0.4, 0.5) is 0 Å². The molecule has 2 rings (SSSR count). The number of aliphatic carboxylic acids is 1. The lowest BCUT2D eigenvalue weighted by Gasteiger charge is -2.24. The van der Waals surface area contributed by atoms with Gasteiger partial charge in [-0.3, -0.25) is 9.48 Å². The molecular weight excluding hydrogens is 192 g/mol. The van der Waals surface area contributed by atoms with E-state index in [9.17, 15) is 4.79 Å². The summed E-state index contributed by atoms with van der Waals surface area (Å²) in [5, 5.41) is 12.8. The predicted molar refractivity (Wildman–Crippen MR) is 55.5 cm³/mol. The maximum absolute atomic E-state index is 10.4. The third kappa shape index (κ3) is 2.81. The van der Waals surface area contributed by atoms with Crippen molar-refractivity contribution in [3.05, 3.63) is 18.0 Å². The third-order valence-electron chi connectivity index (χ3n) is 2.98. The molecule has 1 fully saturated rings. The lowest BCUT2D eigenvalue weighted by atomic mass is 9.85. The highest BCUT2D eigenvalue weighted by atomic mass is 16.4. The maximum Gasteiger partial charge on any atom is 0.303 e. The van der Waals surface area contributed by atoms with Crippen molar-refractivity contribution < 1.29 is 9.90 Å². The maximum atomic E-state index is 10.4. The molecular formula is C11H16N2O2. The van der Waals surface area contributed by atoms with Gasteiger partial charge in [0.2, 0.25) is 0 Å². The molecule has 0 atom stereocenters. The van der Waals surface area contributed by atoms with Gasteiger partial charge in [0, 0.05) is 19.2 Å². The van der Waals surface area contributed by atoms with Gasteiger partial charge in [0.1, 0.15) is 0 Å². The van der Waals surface area contributed by atoms with E-state index in [1.165, 1.54) is 19.3 Å². The Morgan fingerprint density at radius 3 is 3.00 bits per heavy atom. The molecule has 1 aliphatic rings. The largest absolute Gasteiger partial charge is 0.481 e. The van der Waals surface area contributed by atoms with Crippen LogP contribution in [-0.2, 0) is 17.8 Å². The second kappa shape index (κ2) is 4.47. The lowest BCUT2D eigenvalue weighted by Crippen LogP contribution is -2.18. The predicted octanol–water partition coefficient (Wildman–Crippen LogP) is 1.70. The molecule has 1 N–H and O–H groups in total. The van der Waals surface area contributed by atoms with Crippen LogP contribution in [0.15, 0.2) is 12.4 Å². The molecule has 0 saturated heterocycles. The molecule has 0 aliphatic heterocycles. The molecule has 0 radical (unpaired) electrons. The number of hydrogen-bond acceptors (Lipinski definition) is 2. The Hall–Kier alpha value is -1.32. The Morgan fingerprint density at radius 2 is 2.40 bits per heavy atom. The van der Waals surface area contributed by atoms with Crippen LogP contribution in [0.5, 0.6) is 0 Å². The summed E-state index contributed by atoms with van der Waals surface area (Å²) < 4.78 is 1.95. The van der Waals surface area contributed by atoms with Gasteiger partial charge in [-0.15, -0.1) is 0 Å². The Labute approximate surface area is 88.9 Å². The fraction of sp³-hybridized carbons (Fsp3) is 0.636. The molecule has 0 unspecified atom stereocenters. The molecule has 1 saturated carbocycles. The third-order valence-corrected chi connectivity index (χ3v) is 2.98. The quantitative estimate of drug-likeness (QED) is 0.801. The minimum atomic E-state index is -0.748. The molecule has 4 heteroatoms. The van der Waals surface area contributed by atoms with Gasteiger partial charge in [0.05, 0.1) is 6.20 Å². The van der Waals surface area contributed by atoms with E-state index in [0.29, 0.717) is 6.42 Å². The second-order valence-corrected chi connectivity index (χ2v) is 4.26. The van der Waals surface area contributed by atoms with E-state index >= 15 is 0 Å². The van der Waals surface area contributed by atoms with Crippen molar-refractivity contribution in [2.75, 3.05) is 0 Å². The van der Waals surface area contributed by atoms with Crippen LogP contribution in [-0.4, -0.2) is 20.9 Å². The van der Waals surface area contributed by atoms with Crippen LogP contribution in [0.3, 0.4) is 0 Å². The fourth-order valence-electron chi connectivity index (χ4n) is 1.83. The van der Waals surface area contributed by atoms with Crippen molar-refractivity contribution in [3.8, 4) is 0 Å². The standard InChI is InChI=1S/C11H16N2O2/c14-11(15)5-4-10-6-12-13(8-10)7-9-2-1-3-9/h6,8-9H,1-5,7H2,(H,14,15). The zero-order valence-electron chi connectivity index (χ0n) is 8.72. The van der Waals surface area contributed by atoms with Gasteiger partial charge in [-0.25, -0.2) is 0 Å². The van der Waals surface area contributed by atoms with Gasteiger partial charge < -0.3 is 5.11 Å². The summed E-state index contributed by atoms with van der Waals surface area (Å²) in [7, 11) is 0. The molecule has 0 bridgehead atoms. The van der Waals surface area contributed by atoms with E-state index in [0.717, 1.165) is 18.0 Å². The first-order valence-electron chi connectivity index (χ1n) is 5.47. The minimum absolute atomic E-state index is 0.190. The summed E-state index contributed by atoms with van der Waals surface area (Å²) >= 11 is 0. The highest BCUT2D eigenvalue weighted by Crippen LogP contribution is 2.27. The van der Waals surface area contributed by atoms with E-state index < -0.39 is 5.97 Å². The Kier molecular flexibility index (Phi) is 3.04. The Bertz CT molecular complexity index is 342. The smallest absolute Gasteiger partial charge is 0.303 e. The van der Waals surface area contributed by atoms with Gasteiger partial charge in [0.15, 0.2) is 0 Å². The van der Waals surface area contributed by atoms with Gasteiger partial charge in [-0.1, -0.05) is 6.42 Å². The normalized spacial score (nSPS) is 16.3. The van der Waals surface area contributed by atoms with Gasteiger partial charge in [0.25, 0.3) is 0 Å². The van der Waals surface area contributed by atoms with Crippen molar-refractivity contribution in [1.82, 2.24) is 9.78 Å². The first-order chi connectivity index (χ1) is 7.24. The number of carboxylic acids is 1.